The smallest absolute Gasteiger partial charge is 0.274 e. The van der Waals surface area contributed by atoms with Crippen molar-refractivity contribution in [1.29, 1.82) is 5.26 Å². The van der Waals surface area contributed by atoms with Crippen LogP contribution in [0.25, 0.3) is 0 Å². The van der Waals surface area contributed by atoms with Crippen molar-refractivity contribution in [2.75, 3.05) is 25.0 Å². The van der Waals surface area contributed by atoms with Crippen molar-refractivity contribution in [1.82, 2.24) is 24.6 Å². The van der Waals surface area contributed by atoms with Gasteiger partial charge in [0.2, 0.25) is 0 Å². The summed E-state index contributed by atoms with van der Waals surface area (Å²) in [5, 5.41) is 21.0. The normalized spacial score (nSPS) is 25.0. The number of piperidine rings is 1. The van der Waals surface area contributed by atoms with Crippen LogP contribution < -0.4 is 10.1 Å². The number of aromatic nitrogens is 4. The molecule has 0 radical (unpaired) electrons. The highest BCUT2D eigenvalue weighted by molar-refractivity contribution is 6.03. The van der Waals surface area contributed by atoms with Crippen LogP contribution in [0.1, 0.15) is 79.6 Å². The first-order valence-corrected chi connectivity index (χ1v) is 14.7. The van der Waals surface area contributed by atoms with Crippen molar-refractivity contribution in [2.24, 2.45) is 18.9 Å². The molecule has 41 heavy (non-hydrogen) atoms. The maximum Gasteiger partial charge on any atom is 0.274 e. The highest BCUT2D eigenvalue weighted by Crippen LogP contribution is 2.50. The van der Waals surface area contributed by atoms with E-state index in [1.165, 1.54) is 12.8 Å². The SMILES string of the molecule is C[C@H]1CCCN(Cc2cc(C(=O)Nc3cccc([C@]4(Cc5nncn5C)C[C@@H](C#N)C4)c3)nc3c2OCC3(C)C)C1. The quantitative estimate of drug-likeness (QED) is 0.449. The molecule has 1 saturated heterocycles. The van der Waals surface area contributed by atoms with Crippen LogP contribution in [0.2, 0.25) is 0 Å². The topological polar surface area (TPSA) is 109 Å². The largest absolute Gasteiger partial charge is 0.490 e. The van der Waals surface area contributed by atoms with Crippen molar-refractivity contribution >= 4 is 11.6 Å². The van der Waals surface area contributed by atoms with Gasteiger partial charge in [-0.05, 0) is 61.9 Å². The molecule has 4 heterocycles. The van der Waals surface area contributed by atoms with E-state index in [0.717, 1.165) is 66.6 Å². The lowest BCUT2D eigenvalue weighted by molar-refractivity contribution is 0.102. The average molecular weight is 554 g/mol. The van der Waals surface area contributed by atoms with Crippen molar-refractivity contribution in [3.63, 3.8) is 0 Å². The molecule has 0 unspecified atom stereocenters. The molecular weight excluding hydrogens is 514 g/mol. The van der Waals surface area contributed by atoms with Crippen LogP contribution in [0.4, 0.5) is 5.69 Å². The summed E-state index contributed by atoms with van der Waals surface area (Å²) in [4.78, 5) is 21.0. The number of pyridine rings is 1. The molecule has 1 saturated carbocycles. The minimum absolute atomic E-state index is 0.0176. The number of likely N-dealkylation sites (tertiary alicyclic amines) is 1. The average Bonchev–Trinajstić information content (AvgIpc) is 3.47. The fourth-order valence-corrected chi connectivity index (χ4v) is 6.78. The molecule has 1 N–H and O–H groups in total. The number of fused-ring (bicyclic) bond motifs is 1. The second-order valence-corrected chi connectivity index (χ2v) is 13.1. The van der Waals surface area contributed by atoms with Gasteiger partial charge in [-0.15, -0.1) is 10.2 Å². The number of nitrogens with one attached hydrogen (secondary N) is 1. The van der Waals surface area contributed by atoms with E-state index in [9.17, 15) is 10.1 Å². The van der Waals surface area contributed by atoms with Gasteiger partial charge in [0.15, 0.2) is 0 Å². The number of ether oxygens (including phenoxy) is 1. The summed E-state index contributed by atoms with van der Waals surface area (Å²) in [6, 6.07) is 12.3. The lowest BCUT2D eigenvalue weighted by atomic mass is 9.57. The third-order valence-corrected chi connectivity index (χ3v) is 9.13. The molecule has 9 nitrogen and oxygen atoms in total. The molecule has 1 atom stereocenters. The van der Waals surface area contributed by atoms with Crippen molar-refractivity contribution < 1.29 is 9.53 Å². The number of carbonyl (C=O) groups excluding carboxylic acids is 1. The number of hydrogen-bond donors (Lipinski definition) is 1. The molecule has 2 fully saturated rings. The fourth-order valence-electron chi connectivity index (χ4n) is 6.78. The van der Waals surface area contributed by atoms with E-state index in [1.54, 1.807) is 6.33 Å². The first-order valence-electron chi connectivity index (χ1n) is 14.7. The molecule has 0 bridgehead atoms. The third-order valence-electron chi connectivity index (χ3n) is 9.13. The summed E-state index contributed by atoms with van der Waals surface area (Å²) in [6.45, 7) is 9.96. The Hall–Kier alpha value is -3.77. The van der Waals surface area contributed by atoms with Gasteiger partial charge in [-0.3, -0.25) is 9.69 Å². The van der Waals surface area contributed by atoms with Crippen LogP contribution in [0, 0.1) is 23.2 Å². The number of rotatable bonds is 7. The lowest BCUT2D eigenvalue weighted by Gasteiger charge is -2.45. The zero-order chi connectivity index (χ0) is 28.8. The van der Waals surface area contributed by atoms with Gasteiger partial charge < -0.3 is 14.6 Å². The van der Waals surface area contributed by atoms with Gasteiger partial charge >= 0.3 is 0 Å². The summed E-state index contributed by atoms with van der Waals surface area (Å²) >= 11 is 0. The van der Waals surface area contributed by atoms with E-state index < -0.39 is 0 Å². The summed E-state index contributed by atoms with van der Waals surface area (Å²) in [7, 11) is 1.94. The molecule has 1 aromatic carbocycles. The van der Waals surface area contributed by atoms with Crippen molar-refractivity contribution in [3.05, 3.63) is 65.0 Å². The zero-order valence-electron chi connectivity index (χ0n) is 24.5. The summed E-state index contributed by atoms with van der Waals surface area (Å²) in [5.74, 6) is 2.19. The second kappa shape index (κ2) is 10.6. The highest BCUT2D eigenvalue weighted by Gasteiger charge is 2.46. The lowest BCUT2D eigenvalue weighted by Crippen LogP contribution is -2.43. The third kappa shape index (κ3) is 5.33. The van der Waals surface area contributed by atoms with Crippen LogP contribution in [0.15, 0.2) is 36.7 Å². The predicted molar refractivity (Wildman–Crippen MR) is 156 cm³/mol. The van der Waals surface area contributed by atoms with Crippen molar-refractivity contribution in [3.8, 4) is 11.8 Å². The number of anilines is 1. The van der Waals surface area contributed by atoms with Crippen LogP contribution in [0.5, 0.6) is 5.75 Å². The maximum absolute atomic E-state index is 13.7. The Morgan fingerprint density at radius 2 is 2.10 bits per heavy atom. The molecule has 3 aromatic rings. The Balaban J connectivity index is 1.26. The number of nitrogens with zero attached hydrogens (tertiary/aromatic N) is 6. The molecule has 9 heteroatoms. The summed E-state index contributed by atoms with van der Waals surface area (Å²) in [5.41, 5.74) is 3.65. The number of carbonyl (C=O) groups is 1. The zero-order valence-corrected chi connectivity index (χ0v) is 24.5. The Morgan fingerprint density at radius 3 is 2.83 bits per heavy atom. The fraction of sp³-hybridized carbons (Fsp3) is 0.531. The van der Waals surface area contributed by atoms with E-state index in [4.69, 9.17) is 9.72 Å². The number of nitriles is 1. The summed E-state index contributed by atoms with van der Waals surface area (Å²) in [6.07, 6.45) is 6.37. The minimum atomic E-state index is -0.261. The Bertz CT molecular complexity index is 1500. The van der Waals surface area contributed by atoms with E-state index in [0.29, 0.717) is 24.6 Å². The molecule has 0 spiro atoms. The van der Waals surface area contributed by atoms with Gasteiger partial charge in [0.1, 0.15) is 23.6 Å². The van der Waals surface area contributed by atoms with E-state index in [2.05, 4.69) is 53.3 Å². The van der Waals surface area contributed by atoms with Crippen LogP contribution >= 0.6 is 0 Å². The Labute approximate surface area is 241 Å². The van der Waals surface area contributed by atoms with Gasteiger partial charge in [0.05, 0.1) is 18.4 Å². The second-order valence-electron chi connectivity index (χ2n) is 13.1. The first-order chi connectivity index (χ1) is 19.7. The monoisotopic (exact) mass is 553 g/mol. The maximum atomic E-state index is 13.7. The minimum Gasteiger partial charge on any atom is -0.490 e. The van der Waals surface area contributed by atoms with E-state index in [1.807, 2.05) is 35.9 Å². The molecule has 2 aromatic heterocycles. The molecule has 2 aliphatic heterocycles. The number of benzene rings is 1. The van der Waals surface area contributed by atoms with Gasteiger partial charge in [0, 0.05) is 54.6 Å². The highest BCUT2D eigenvalue weighted by atomic mass is 16.5. The van der Waals surface area contributed by atoms with Crippen molar-refractivity contribution in [2.45, 2.75) is 70.3 Å². The molecular formula is C32H39N7O2. The Morgan fingerprint density at radius 1 is 1.27 bits per heavy atom. The van der Waals surface area contributed by atoms with Gasteiger partial charge in [-0.2, -0.15) is 5.26 Å². The first kappa shape index (κ1) is 27.4. The summed E-state index contributed by atoms with van der Waals surface area (Å²) < 4.78 is 8.08. The molecule has 1 aliphatic carbocycles. The van der Waals surface area contributed by atoms with Gasteiger partial charge in [0.25, 0.3) is 5.91 Å². The molecule has 3 aliphatic rings. The van der Waals surface area contributed by atoms with Crippen LogP contribution in [-0.4, -0.2) is 50.3 Å². The molecule has 214 valence electrons. The number of amides is 1. The Kier molecular flexibility index (Phi) is 7.06. The molecule has 6 rings (SSSR count). The molecule has 1 amide bonds. The predicted octanol–water partition coefficient (Wildman–Crippen LogP) is 4.78. The van der Waals surface area contributed by atoms with E-state index in [-0.39, 0.29) is 22.7 Å². The number of hydrogen-bond acceptors (Lipinski definition) is 7. The van der Waals surface area contributed by atoms with Crippen LogP contribution in [0.3, 0.4) is 0 Å². The number of aryl methyl sites for hydroxylation is 1. The standard InChI is InChI=1S/C32H39N7O2/c1-21-7-6-10-39(17-21)18-23-11-26(36-29-28(23)41-19-31(29,2)3)30(40)35-25-9-5-8-24(12-25)32(13-22(14-32)16-33)15-27-37-34-20-38(27)4/h5,8-9,11-12,20-22H,6-7,10,13-15,17-19H2,1-4H3,(H,35,40)/t21-,22-,32-/m0/s1. The van der Waals surface area contributed by atoms with Gasteiger partial charge in [-0.25, -0.2) is 4.98 Å². The van der Waals surface area contributed by atoms with Crippen LogP contribution in [-0.2, 0) is 30.8 Å². The van der Waals surface area contributed by atoms with E-state index >= 15 is 0 Å². The van der Waals surface area contributed by atoms with Gasteiger partial charge in [-0.1, -0.05) is 32.9 Å².